The van der Waals surface area contributed by atoms with Crippen LogP contribution in [0.1, 0.15) is 38.1 Å². The van der Waals surface area contributed by atoms with E-state index in [2.05, 4.69) is 0 Å². The molecular formula is C21H23NO13. The van der Waals surface area contributed by atoms with E-state index in [0.29, 0.717) is 0 Å². The number of ether oxygens (including phenoxy) is 6. The first-order valence-corrected chi connectivity index (χ1v) is 10.1. The topological polar surface area (TPSA) is 184 Å². The average Bonchev–Trinajstić information content (AvgIpc) is 2.75. The Balaban J connectivity index is 2.45. The highest BCUT2D eigenvalue weighted by molar-refractivity contribution is 5.90. The zero-order valence-electron chi connectivity index (χ0n) is 19.2. The van der Waals surface area contributed by atoms with Gasteiger partial charge in [-0.2, -0.15) is 0 Å². The molecule has 0 bridgehead atoms. The van der Waals surface area contributed by atoms with Crippen LogP contribution in [0.15, 0.2) is 24.3 Å². The summed E-state index contributed by atoms with van der Waals surface area (Å²) in [5.74, 6) is -4.38. The number of carbonyl (C=O) groups excluding carboxylic acids is 5. The summed E-state index contributed by atoms with van der Waals surface area (Å²) in [5.41, 5.74) is -0.618. The fourth-order valence-corrected chi connectivity index (χ4v) is 3.20. The molecule has 1 aliphatic heterocycles. The number of esters is 5. The van der Waals surface area contributed by atoms with Gasteiger partial charge in [0, 0.05) is 39.8 Å². The fraction of sp³-hybridized carbons (Fsp3) is 0.476. The molecule has 0 amide bonds. The Morgan fingerprint density at radius 3 is 1.97 bits per heavy atom. The summed E-state index contributed by atoms with van der Waals surface area (Å²) in [6, 6.07) is 4.60. The lowest BCUT2D eigenvalue weighted by molar-refractivity contribution is -0.384. The fourth-order valence-electron chi connectivity index (χ4n) is 3.20. The van der Waals surface area contributed by atoms with E-state index in [1.807, 2.05) is 0 Å². The van der Waals surface area contributed by atoms with Crippen LogP contribution in [0, 0.1) is 10.1 Å². The highest BCUT2D eigenvalue weighted by Gasteiger charge is 2.53. The molecule has 14 heteroatoms. The molecule has 0 saturated carbocycles. The van der Waals surface area contributed by atoms with E-state index in [1.165, 1.54) is 12.1 Å². The molecule has 1 aromatic carbocycles. The van der Waals surface area contributed by atoms with Gasteiger partial charge < -0.3 is 28.4 Å². The number of rotatable bonds is 8. The summed E-state index contributed by atoms with van der Waals surface area (Å²) < 4.78 is 31.5. The largest absolute Gasteiger partial charge is 0.463 e. The number of carbonyl (C=O) groups is 5. The van der Waals surface area contributed by atoms with Crippen LogP contribution < -0.4 is 0 Å². The Labute approximate surface area is 198 Å². The molecule has 0 unspecified atom stereocenters. The molecule has 2 rings (SSSR count). The Bertz CT molecular complexity index is 1010. The molecule has 1 aliphatic rings. The smallest absolute Gasteiger partial charge is 0.340 e. The van der Waals surface area contributed by atoms with Gasteiger partial charge in [-0.1, -0.05) is 6.07 Å². The Hall–Kier alpha value is -4.07. The first-order chi connectivity index (χ1) is 16.4. The van der Waals surface area contributed by atoms with Gasteiger partial charge in [-0.25, -0.2) is 4.79 Å². The number of nitro groups is 1. The van der Waals surface area contributed by atoms with E-state index in [-0.39, 0.29) is 11.3 Å². The molecule has 1 aromatic rings. The summed E-state index contributed by atoms with van der Waals surface area (Å²) in [6.07, 6.45) is -7.63. The third-order valence-corrected chi connectivity index (χ3v) is 4.46. The Morgan fingerprint density at radius 2 is 1.43 bits per heavy atom. The molecule has 1 saturated heterocycles. The molecule has 0 N–H and O–H groups in total. The van der Waals surface area contributed by atoms with Gasteiger partial charge in [0.25, 0.3) is 5.69 Å². The van der Waals surface area contributed by atoms with E-state index in [1.54, 1.807) is 0 Å². The van der Waals surface area contributed by atoms with E-state index < -0.39 is 72.1 Å². The van der Waals surface area contributed by atoms with Crippen molar-refractivity contribution in [2.75, 3.05) is 6.61 Å². The molecule has 0 aromatic heterocycles. The van der Waals surface area contributed by atoms with Gasteiger partial charge in [0.1, 0.15) is 12.7 Å². The highest BCUT2D eigenvalue weighted by atomic mass is 16.7. The van der Waals surface area contributed by atoms with Crippen molar-refractivity contribution in [1.82, 2.24) is 0 Å². The molecule has 0 radical (unpaired) electrons. The van der Waals surface area contributed by atoms with Crippen molar-refractivity contribution in [3.8, 4) is 0 Å². The van der Waals surface area contributed by atoms with Crippen LogP contribution in [0.2, 0.25) is 0 Å². The van der Waals surface area contributed by atoms with Crippen molar-refractivity contribution in [1.29, 1.82) is 0 Å². The number of hydrogen-bond acceptors (Lipinski definition) is 13. The van der Waals surface area contributed by atoms with Crippen LogP contribution in [-0.4, -0.2) is 72.1 Å². The number of nitro benzene ring substituents is 1. The third kappa shape index (κ3) is 7.74. The maximum Gasteiger partial charge on any atom is 0.340 e. The van der Waals surface area contributed by atoms with Crippen LogP contribution in [0.5, 0.6) is 0 Å². The van der Waals surface area contributed by atoms with Crippen LogP contribution >= 0.6 is 0 Å². The van der Waals surface area contributed by atoms with E-state index in [9.17, 15) is 34.1 Å². The minimum Gasteiger partial charge on any atom is -0.463 e. The summed E-state index contributed by atoms with van der Waals surface area (Å²) in [5, 5.41) is 11.0. The standard InChI is InChI=1S/C21H23NO13/c1-10(23)30-9-16-17(31-11(2)24)18(32-12(3)25)19(33-13(4)26)21(34-16)35-20(27)14-6-5-7-15(8-14)22(28)29/h5-8,16-19,21H,9H2,1-4H3/t16-,17+,18+,19-,21+/m1/s1. The van der Waals surface area contributed by atoms with Crippen LogP contribution in [0.4, 0.5) is 5.69 Å². The molecule has 35 heavy (non-hydrogen) atoms. The highest BCUT2D eigenvalue weighted by Crippen LogP contribution is 2.30. The van der Waals surface area contributed by atoms with Gasteiger partial charge in [-0.3, -0.25) is 29.3 Å². The van der Waals surface area contributed by atoms with Gasteiger partial charge >= 0.3 is 29.8 Å². The van der Waals surface area contributed by atoms with Crippen LogP contribution in [0.25, 0.3) is 0 Å². The first kappa shape index (κ1) is 27.2. The lowest BCUT2D eigenvalue weighted by Gasteiger charge is -2.43. The first-order valence-electron chi connectivity index (χ1n) is 10.1. The average molecular weight is 497 g/mol. The van der Waals surface area contributed by atoms with Crippen molar-refractivity contribution in [3.05, 3.63) is 39.9 Å². The zero-order chi connectivity index (χ0) is 26.3. The molecular weight excluding hydrogens is 474 g/mol. The minimum absolute atomic E-state index is 0.230. The second-order valence-electron chi connectivity index (χ2n) is 7.28. The van der Waals surface area contributed by atoms with Gasteiger partial charge in [0.15, 0.2) is 12.2 Å². The molecule has 1 fully saturated rings. The molecule has 0 aliphatic carbocycles. The Morgan fingerprint density at radius 1 is 0.857 bits per heavy atom. The quantitative estimate of drug-likeness (QED) is 0.213. The van der Waals surface area contributed by atoms with Crippen molar-refractivity contribution < 1.29 is 57.3 Å². The van der Waals surface area contributed by atoms with E-state index in [0.717, 1.165) is 39.8 Å². The number of nitrogens with zero attached hydrogens (tertiary/aromatic N) is 1. The monoisotopic (exact) mass is 497 g/mol. The summed E-state index contributed by atoms with van der Waals surface area (Å²) >= 11 is 0. The molecule has 5 atom stereocenters. The van der Waals surface area contributed by atoms with Gasteiger partial charge in [-0.05, 0) is 6.07 Å². The minimum atomic E-state index is -1.75. The van der Waals surface area contributed by atoms with Crippen LogP contribution in [0.3, 0.4) is 0 Å². The van der Waals surface area contributed by atoms with Crippen LogP contribution in [-0.2, 0) is 47.6 Å². The summed E-state index contributed by atoms with van der Waals surface area (Å²) in [7, 11) is 0. The van der Waals surface area contributed by atoms with Gasteiger partial charge in [-0.15, -0.1) is 0 Å². The number of benzene rings is 1. The van der Waals surface area contributed by atoms with Crippen molar-refractivity contribution in [2.24, 2.45) is 0 Å². The molecule has 190 valence electrons. The lowest BCUT2D eigenvalue weighted by Crippen LogP contribution is -2.63. The zero-order valence-corrected chi connectivity index (χ0v) is 19.2. The predicted octanol–water partition coefficient (Wildman–Crippen LogP) is 0.835. The number of hydrogen-bond donors (Lipinski definition) is 0. The second kappa shape index (κ2) is 11.9. The Kier molecular flexibility index (Phi) is 9.22. The van der Waals surface area contributed by atoms with Gasteiger partial charge in [0.05, 0.1) is 10.5 Å². The van der Waals surface area contributed by atoms with Gasteiger partial charge in [0.2, 0.25) is 12.4 Å². The lowest BCUT2D eigenvalue weighted by atomic mass is 9.98. The van der Waals surface area contributed by atoms with E-state index >= 15 is 0 Å². The molecule has 14 nitrogen and oxygen atoms in total. The molecule has 0 spiro atoms. The SMILES string of the molecule is CC(=O)OC[C@H]1O[C@@H](OC(=O)c2cccc([N+](=O)[O-])c2)[C@H](OC(C)=O)[C@@H](OC(C)=O)[C@H]1OC(C)=O. The molecule has 1 heterocycles. The maximum atomic E-state index is 12.7. The summed E-state index contributed by atoms with van der Waals surface area (Å²) in [6.45, 7) is 3.72. The van der Waals surface area contributed by atoms with Crippen molar-refractivity contribution in [2.45, 2.75) is 58.4 Å². The van der Waals surface area contributed by atoms with Crippen molar-refractivity contribution in [3.63, 3.8) is 0 Å². The predicted molar refractivity (Wildman–Crippen MR) is 110 cm³/mol. The van der Waals surface area contributed by atoms with E-state index in [4.69, 9.17) is 28.4 Å². The second-order valence-corrected chi connectivity index (χ2v) is 7.28. The maximum absolute atomic E-state index is 12.7. The number of non-ortho nitro benzene ring substituents is 1. The third-order valence-electron chi connectivity index (χ3n) is 4.46. The normalized spacial score (nSPS) is 23.4. The summed E-state index contributed by atoms with van der Waals surface area (Å²) in [4.78, 5) is 69.7. The van der Waals surface area contributed by atoms with Crippen molar-refractivity contribution >= 4 is 35.5 Å².